The van der Waals surface area contributed by atoms with Crippen LogP contribution in [0, 0.1) is 0 Å². The molecule has 0 saturated carbocycles. The van der Waals surface area contributed by atoms with Crippen molar-refractivity contribution in [2.24, 2.45) is 0 Å². The van der Waals surface area contributed by atoms with E-state index in [-0.39, 0.29) is 25.9 Å². The molecule has 466 valence electrons. The predicted molar refractivity (Wildman–Crippen MR) is 331 cm³/mol. The first-order valence-electron chi connectivity index (χ1n) is 32.9. The summed E-state index contributed by atoms with van der Waals surface area (Å²) in [4.78, 5) is 51.3. The molecule has 0 spiro atoms. The number of carbonyl (C=O) groups is 4. The molecule has 1 rings (SSSR count). The van der Waals surface area contributed by atoms with E-state index < -0.39 is 67.3 Å². The highest BCUT2D eigenvalue weighted by molar-refractivity contribution is 5.74. The lowest BCUT2D eigenvalue weighted by molar-refractivity contribution is -0.301. The van der Waals surface area contributed by atoms with Crippen molar-refractivity contribution in [2.45, 2.75) is 327 Å². The van der Waals surface area contributed by atoms with Gasteiger partial charge in [-0.05, 0) is 96.3 Å². The minimum absolute atomic E-state index is 0.0407. The Morgan fingerprint density at radius 2 is 0.802 bits per heavy atom. The zero-order valence-electron chi connectivity index (χ0n) is 51.5. The Hall–Kier alpha value is -3.84. The van der Waals surface area contributed by atoms with Crippen LogP contribution in [0.3, 0.4) is 0 Å². The average molecular weight is 1140 g/mol. The van der Waals surface area contributed by atoms with Gasteiger partial charge in [0.05, 0.1) is 6.61 Å². The van der Waals surface area contributed by atoms with Gasteiger partial charge in [0, 0.05) is 19.3 Å². The Morgan fingerprint density at radius 1 is 0.420 bits per heavy atom. The fraction of sp³-hybridized carbons (Fsp3) is 0.768. The molecule has 12 nitrogen and oxygen atoms in total. The highest BCUT2D eigenvalue weighted by Gasteiger charge is 2.50. The van der Waals surface area contributed by atoms with Gasteiger partial charge in [-0.15, -0.1) is 0 Å². The Kier molecular flexibility index (Phi) is 52.6. The summed E-state index contributed by atoms with van der Waals surface area (Å²) in [5, 5.41) is 31.6. The first-order chi connectivity index (χ1) is 39.6. The average Bonchev–Trinajstić information content (AvgIpc) is 3.54. The summed E-state index contributed by atoms with van der Waals surface area (Å²) in [6, 6.07) is 0. The zero-order valence-corrected chi connectivity index (χ0v) is 51.5. The Balaban J connectivity index is 2.65. The van der Waals surface area contributed by atoms with E-state index in [9.17, 15) is 34.5 Å². The van der Waals surface area contributed by atoms with Gasteiger partial charge in [0.2, 0.25) is 0 Å². The monoisotopic (exact) mass is 1140 g/mol. The molecule has 1 saturated heterocycles. The van der Waals surface area contributed by atoms with E-state index >= 15 is 0 Å². The molecule has 6 atom stereocenters. The first kappa shape index (κ1) is 75.2. The molecule has 6 unspecified atom stereocenters. The second kappa shape index (κ2) is 56.6. The summed E-state index contributed by atoms with van der Waals surface area (Å²) in [6.07, 6.45) is 60.3. The van der Waals surface area contributed by atoms with Gasteiger partial charge in [0.1, 0.15) is 18.8 Å². The second-order valence-corrected chi connectivity index (χ2v) is 22.4. The van der Waals surface area contributed by atoms with Gasteiger partial charge in [-0.1, -0.05) is 248 Å². The van der Waals surface area contributed by atoms with E-state index in [2.05, 4.69) is 81.5 Å². The second-order valence-electron chi connectivity index (χ2n) is 22.4. The third-order valence-electron chi connectivity index (χ3n) is 14.8. The number of hydrogen-bond donors (Lipinski definition) is 3. The van der Waals surface area contributed by atoms with Crippen molar-refractivity contribution in [3.63, 3.8) is 0 Å². The number of unbranched alkanes of at least 4 members (excludes halogenated alkanes) is 30. The largest absolute Gasteiger partial charge is 0.479 e. The quantitative estimate of drug-likeness (QED) is 0.0228. The third kappa shape index (κ3) is 46.3. The first-order valence-corrected chi connectivity index (χ1v) is 32.9. The van der Waals surface area contributed by atoms with Gasteiger partial charge < -0.3 is 39.0 Å². The highest BCUT2D eigenvalue weighted by Crippen LogP contribution is 2.27. The molecule has 81 heavy (non-hydrogen) atoms. The van der Waals surface area contributed by atoms with Crippen LogP contribution in [0.4, 0.5) is 0 Å². The number of ether oxygens (including phenoxy) is 5. The lowest BCUT2D eigenvalue weighted by atomic mass is 9.98. The minimum Gasteiger partial charge on any atom is -0.479 e. The summed E-state index contributed by atoms with van der Waals surface area (Å²) in [5.74, 6) is -3.22. The maximum absolute atomic E-state index is 13.1. The van der Waals surface area contributed by atoms with Crippen LogP contribution in [0.1, 0.15) is 290 Å². The van der Waals surface area contributed by atoms with Gasteiger partial charge in [-0.25, -0.2) is 4.79 Å². The van der Waals surface area contributed by atoms with Crippen LogP contribution in [0.5, 0.6) is 0 Å². The number of carboxylic acids is 1. The standard InChI is InChI=1S/C69H118O12/c1-4-7-10-13-16-19-22-25-27-29-31-33-35-38-40-43-46-49-52-55-61(70)77-58-60(79-62(71)56-53-50-47-44-41-37-24-21-18-15-12-9-6-3)59-78-69-67(65(74)64(73)66(81-69)68(75)76)80-63(72)57-54-51-48-45-42-39-36-34-32-30-28-26-23-20-17-14-11-8-5-2/h9,12,18,21,25-28,37,41,47,50,60,64-67,69,73-74H,4-8,10-11,13-17,19-20,22-24,29-36,38-40,42-46,48-49,51-59H2,1-3H3,(H,75,76)/b12-9-,21-18-,27-25-,28-26-,41-37-,50-47-. The van der Waals surface area contributed by atoms with Crippen LogP contribution in [0.25, 0.3) is 0 Å². The van der Waals surface area contributed by atoms with Crippen LogP contribution in [-0.4, -0.2) is 89.2 Å². The molecule has 1 heterocycles. The van der Waals surface area contributed by atoms with Crippen molar-refractivity contribution < 1.29 is 58.2 Å². The van der Waals surface area contributed by atoms with E-state index in [4.69, 9.17) is 23.7 Å². The van der Waals surface area contributed by atoms with E-state index in [1.165, 1.54) is 154 Å². The molecule has 0 aromatic heterocycles. The van der Waals surface area contributed by atoms with Crippen molar-refractivity contribution in [3.05, 3.63) is 72.9 Å². The van der Waals surface area contributed by atoms with Gasteiger partial charge in [-0.3, -0.25) is 14.4 Å². The lowest BCUT2D eigenvalue weighted by Gasteiger charge is -2.40. The molecular formula is C69H118O12. The summed E-state index contributed by atoms with van der Waals surface area (Å²) in [7, 11) is 0. The molecular weight excluding hydrogens is 1020 g/mol. The van der Waals surface area contributed by atoms with Gasteiger partial charge in [-0.2, -0.15) is 0 Å². The Morgan fingerprint density at radius 3 is 1.23 bits per heavy atom. The molecule has 0 aliphatic carbocycles. The molecule has 1 aliphatic heterocycles. The normalized spacial score (nSPS) is 18.2. The van der Waals surface area contributed by atoms with E-state index in [1.54, 1.807) is 0 Å². The molecule has 0 aromatic rings. The van der Waals surface area contributed by atoms with Crippen LogP contribution in [-0.2, 0) is 42.9 Å². The number of aliphatic hydroxyl groups is 2. The lowest BCUT2D eigenvalue weighted by Crippen LogP contribution is -2.61. The molecule has 0 aromatic carbocycles. The summed E-state index contributed by atoms with van der Waals surface area (Å²) in [6.45, 7) is 5.84. The number of aliphatic carboxylic acids is 1. The molecule has 0 bridgehead atoms. The summed E-state index contributed by atoms with van der Waals surface area (Å²) < 4.78 is 28.4. The molecule has 0 radical (unpaired) electrons. The fourth-order valence-electron chi connectivity index (χ4n) is 9.73. The van der Waals surface area contributed by atoms with Crippen LogP contribution in [0.15, 0.2) is 72.9 Å². The predicted octanol–water partition coefficient (Wildman–Crippen LogP) is 17.7. The van der Waals surface area contributed by atoms with Crippen LogP contribution < -0.4 is 0 Å². The third-order valence-corrected chi connectivity index (χ3v) is 14.8. The number of rotatable bonds is 56. The van der Waals surface area contributed by atoms with Crippen molar-refractivity contribution in [1.82, 2.24) is 0 Å². The number of allylic oxidation sites excluding steroid dienone is 12. The molecule has 12 heteroatoms. The van der Waals surface area contributed by atoms with Gasteiger partial charge >= 0.3 is 23.9 Å². The van der Waals surface area contributed by atoms with Gasteiger partial charge in [0.25, 0.3) is 0 Å². The number of hydrogen-bond acceptors (Lipinski definition) is 11. The number of esters is 3. The molecule has 1 aliphatic rings. The Labute approximate surface area is 493 Å². The SMILES string of the molecule is CC/C=C\C/C=C\C/C=C\C/C=C\CCC(=O)OC(COC(=O)CCCCCCCCCCC/C=C\CCCCCCCC)COC1OC(C(=O)O)C(O)C(O)C1OC(=O)CCCCCCCCCCC/C=C\CCCCCCCC. The van der Waals surface area contributed by atoms with Crippen molar-refractivity contribution in [3.8, 4) is 0 Å². The smallest absolute Gasteiger partial charge is 0.335 e. The van der Waals surface area contributed by atoms with Crippen molar-refractivity contribution in [2.75, 3.05) is 13.2 Å². The molecule has 0 amide bonds. The topological polar surface area (TPSA) is 175 Å². The number of aliphatic hydroxyl groups excluding tert-OH is 2. The zero-order chi connectivity index (χ0) is 58.9. The van der Waals surface area contributed by atoms with E-state index in [0.717, 1.165) is 70.6 Å². The summed E-state index contributed by atoms with van der Waals surface area (Å²) in [5.41, 5.74) is 0. The molecule has 1 fully saturated rings. The van der Waals surface area contributed by atoms with Crippen LogP contribution >= 0.6 is 0 Å². The van der Waals surface area contributed by atoms with E-state index in [1.807, 2.05) is 12.2 Å². The maximum atomic E-state index is 13.1. The van der Waals surface area contributed by atoms with Crippen LogP contribution in [0.2, 0.25) is 0 Å². The highest BCUT2D eigenvalue weighted by atomic mass is 16.7. The van der Waals surface area contributed by atoms with Crippen molar-refractivity contribution >= 4 is 23.9 Å². The molecule has 3 N–H and O–H groups in total. The number of carbonyl (C=O) groups excluding carboxylic acids is 3. The van der Waals surface area contributed by atoms with Crippen molar-refractivity contribution in [1.29, 1.82) is 0 Å². The Bertz CT molecular complexity index is 1680. The van der Waals surface area contributed by atoms with E-state index in [0.29, 0.717) is 25.7 Å². The van der Waals surface area contributed by atoms with Gasteiger partial charge in [0.15, 0.2) is 24.6 Å². The number of carboxylic acid groups (broad SMARTS) is 1. The maximum Gasteiger partial charge on any atom is 0.335 e. The fourth-order valence-corrected chi connectivity index (χ4v) is 9.73. The summed E-state index contributed by atoms with van der Waals surface area (Å²) >= 11 is 0. The minimum atomic E-state index is -1.92.